The fourth-order valence-electron chi connectivity index (χ4n) is 2.74. The number of hydrogen-bond acceptors (Lipinski definition) is 3. The van der Waals surface area contributed by atoms with Gasteiger partial charge in [0.05, 0.1) is 7.11 Å². The van der Waals surface area contributed by atoms with Crippen molar-refractivity contribution in [3.63, 3.8) is 0 Å². The number of nitrogens with one attached hydrogen (secondary N) is 1. The third-order valence-electron chi connectivity index (χ3n) is 4.45. The van der Waals surface area contributed by atoms with Gasteiger partial charge in [0, 0.05) is 19.0 Å². The van der Waals surface area contributed by atoms with Gasteiger partial charge >= 0.3 is 0 Å². The van der Waals surface area contributed by atoms with E-state index < -0.39 is 6.04 Å². The van der Waals surface area contributed by atoms with Gasteiger partial charge in [0.15, 0.2) is 0 Å². The number of hydrogen-bond donors (Lipinski definition) is 1. The first-order chi connectivity index (χ1) is 12.9. The molecule has 5 nitrogen and oxygen atoms in total. The van der Waals surface area contributed by atoms with E-state index in [0.29, 0.717) is 13.1 Å². The topological polar surface area (TPSA) is 58.6 Å². The van der Waals surface area contributed by atoms with E-state index in [9.17, 15) is 9.59 Å². The highest BCUT2D eigenvalue weighted by Gasteiger charge is 2.27. The monoisotopic (exact) mass is 368 g/mol. The molecule has 0 aromatic heterocycles. The van der Waals surface area contributed by atoms with Crippen LogP contribution in [-0.4, -0.2) is 29.9 Å². The van der Waals surface area contributed by atoms with E-state index in [-0.39, 0.29) is 17.7 Å². The second-order valence-corrected chi connectivity index (χ2v) is 6.85. The van der Waals surface area contributed by atoms with Crippen LogP contribution in [0.15, 0.2) is 54.6 Å². The van der Waals surface area contributed by atoms with Crippen molar-refractivity contribution in [3.8, 4) is 5.75 Å². The molecule has 0 heterocycles. The first-order valence-corrected chi connectivity index (χ1v) is 9.17. The number of carbonyl (C=O) groups excluding carboxylic acids is 2. The van der Waals surface area contributed by atoms with Gasteiger partial charge in [-0.25, -0.2) is 0 Å². The minimum atomic E-state index is -0.564. The summed E-state index contributed by atoms with van der Waals surface area (Å²) in [7, 11) is 1.61. The molecule has 0 aliphatic rings. The molecule has 0 spiro atoms. The molecule has 0 radical (unpaired) electrons. The molecule has 2 rings (SSSR count). The number of carbonyl (C=O) groups is 2. The van der Waals surface area contributed by atoms with Gasteiger partial charge in [0.25, 0.3) is 0 Å². The zero-order valence-corrected chi connectivity index (χ0v) is 16.4. The van der Waals surface area contributed by atoms with Gasteiger partial charge in [-0.2, -0.15) is 0 Å². The van der Waals surface area contributed by atoms with Gasteiger partial charge < -0.3 is 15.0 Å². The SMILES string of the molecule is COc1ccc(CN(C(=O)C(C)C)C(C)C(=O)NCc2ccccc2)cc1. The number of nitrogens with zero attached hydrogens (tertiary/aromatic N) is 1. The summed E-state index contributed by atoms with van der Waals surface area (Å²) in [6.45, 7) is 6.28. The molecule has 2 aromatic carbocycles. The summed E-state index contributed by atoms with van der Waals surface area (Å²) in [5.41, 5.74) is 1.97. The van der Waals surface area contributed by atoms with Crippen LogP contribution in [0.2, 0.25) is 0 Å². The Labute approximate surface area is 161 Å². The number of rotatable bonds is 8. The Bertz CT molecular complexity index is 742. The second-order valence-electron chi connectivity index (χ2n) is 6.85. The molecule has 1 N–H and O–H groups in total. The third-order valence-corrected chi connectivity index (χ3v) is 4.45. The molecule has 0 fully saturated rings. The Balaban J connectivity index is 2.09. The molecule has 2 amide bonds. The van der Waals surface area contributed by atoms with Crippen molar-refractivity contribution in [1.29, 1.82) is 0 Å². The average molecular weight is 368 g/mol. The van der Waals surface area contributed by atoms with Crippen LogP contribution >= 0.6 is 0 Å². The van der Waals surface area contributed by atoms with Crippen LogP contribution in [0.5, 0.6) is 5.75 Å². The molecular formula is C22H28N2O3. The number of methoxy groups -OCH3 is 1. The van der Waals surface area contributed by atoms with Crippen molar-refractivity contribution in [2.75, 3.05) is 7.11 Å². The number of benzene rings is 2. The molecule has 5 heteroatoms. The summed E-state index contributed by atoms with van der Waals surface area (Å²) in [5, 5.41) is 2.92. The lowest BCUT2D eigenvalue weighted by Gasteiger charge is -2.30. The van der Waals surface area contributed by atoms with Crippen LogP contribution in [0, 0.1) is 5.92 Å². The van der Waals surface area contributed by atoms with Gasteiger partial charge in [-0.1, -0.05) is 56.3 Å². The average Bonchev–Trinajstić information content (AvgIpc) is 2.70. The highest BCUT2D eigenvalue weighted by atomic mass is 16.5. The van der Waals surface area contributed by atoms with Crippen LogP contribution in [0.25, 0.3) is 0 Å². The molecule has 0 bridgehead atoms. The zero-order chi connectivity index (χ0) is 19.8. The Morgan fingerprint density at radius 3 is 2.15 bits per heavy atom. The van der Waals surface area contributed by atoms with E-state index in [1.165, 1.54) is 0 Å². The first kappa shape index (κ1) is 20.5. The van der Waals surface area contributed by atoms with Crippen LogP contribution < -0.4 is 10.1 Å². The largest absolute Gasteiger partial charge is 0.497 e. The number of amides is 2. The van der Waals surface area contributed by atoms with Crippen molar-refractivity contribution >= 4 is 11.8 Å². The Hall–Kier alpha value is -2.82. The van der Waals surface area contributed by atoms with Gasteiger partial charge in [-0.15, -0.1) is 0 Å². The molecule has 2 aromatic rings. The summed E-state index contributed by atoms with van der Waals surface area (Å²) >= 11 is 0. The summed E-state index contributed by atoms with van der Waals surface area (Å²) in [4.78, 5) is 27.0. The summed E-state index contributed by atoms with van der Waals surface area (Å²) < 4.78 is 5.17. The first-order valence-electron chi connectivity index (χ1n) is 9.17. The smallest absolute Gasteiger partial charge is 0.242 e. The predicted molar refractivity (Wildman–Crippen MR) is 106 cm³/mol. The zero-order valence-electron chi connectivity index (χ0n) is 16.4. The van der Waals surface area contributed by atoms with Crippen molar-refractivity contribution in [2.45, 2.75) is 39.9 Å². The number of ether oxygens (including phenoxy) is 1. The maximum Gasteiger partial charge on any atom is 0.242 e. The quantitative estimate of drug-likeness (QED) is 0.777. The molecule has 27 heavy (non-hydrogen) atoms. The minimum absolute atomic E-state index is 0.0480. The van der Waals surface area contributed by atoms with Crippen LogP contribution in [0.4, 0.5) is 0 Å². The summed E-state index contributed by atoms with van der Waals surface area (Å²) in [6.07, 6.45) is 0. The Morgan fingerprint density at radius 1 is 0.963 bits per heavy atom. The molecule has 1 unspecified atom stereocenters. The van der Waals surface area contributed by atoms with Gasteiger partial charge in [0.2, 0.25) is 11.8 Å². The van der Waals surface area contributed by atoms with Crippen molar-refractivity contribution in [3.05, 3.63) is 65.7 Å². The van der Waals surface area contributed by atoms with Crippen LogP contribution in [-0.2, 0) is 22.7 Å². The highest BCUT2D eigenvalue weighted by Crippen LogP contribution is 2.16. The maximum atomic E-state index is 12.7. The van der Waals surface area contributed by atoms with E-state index in [1.807, 2.05) is 68.4 Å². The third kappa shape index (κ3) is 5.84. The van der Waals surface area contributed by atoms with Crippen LogP contribution in [0.3, 0.4) is 0 Å². The molecule has 1 atom stereocenters. The van der Waals surface area contributed by atoms with E-state index in [2.05, 4.69) is 5.32 Å². The lowest BCUT2D eigenvalue weighted by atomic mass is 10.1. The Morgan fingerprint density at radius 2 is 1.59 bits per heavy atom. The minimum Gasteiger partial charge on any atom is -0.497 e. The highest BCUT2D eigenvalue weighted by molar-refractivity contribution is 5.88. The lowest BCUT2D eigenvalue weighted by molar-refractivity contribution is -0.143. The van der Waals surface area contributed by atoms with Gasteiger partial charge in [-0.3, -0.25) is 9.59 Å². The van der Waals surface area contributed by atoms with E-state index in [0.717, 1.165) is 16.9 Å². The van der Waals surface area contributed by atoms with Gasteiger partial charge in [0.1, 0.15) is 11.8 Å². The molecule has 0 saturated heterocycles. The fourth-order valence-corrected chi connectivity index (χ4v) is 2.74. The molecule has 144 valence electrons. The summed E-state index contributed by atoms with van der Waals surface area (Å²) in [6, 6.07) is 16.7. The predicted octanol–water partition coefficient (Wildman–Crippen LogP) is 3.38. The van der Waals surface area contributed by atoms with E-state index >= 15 is 0 Å². The molecule has 0 aliphatic heterocycles. The van der Waals surface area contributed by atoms with Crippen molar-refractivity contribution < 1.29 is 14.3 Å². The van der Waals surface area contributed by atoms with Crippen molar-refractivity contribution in [1.82, 2.24) is 10.2 Å². The normalized spacial score (nSPS) is 11.7. The van der Waals surface area contributed by atoms with Crippen LogP contribution in [0.1, 0.15) is 31.9 Å². The summed E-state index contributed by atoms with van der Waals surface area (Å²) in [5.74, 6) is 0.358. The maximum absolute atomic E-state index is 12.7. The second kappa shape index (κ2) is 9.76. The van der Waals surface area contributed by atoms with Gasteiger partial charge in [-0.05, 0) is 30.2 Å². The standard InChI is InChI=1S/C22H28N2O3/c1-16(2)22(26)24(15-19-10-12-20(27-4)13-11-19)17(3)21(25)23-14-18-8-6-5-7-9-18/h5-13,16-17H,14-15H2,1-4H3,(H,23,25). The van der Waals surface area contributed by atoms with E-state index in [4.69, 9.17) is 4.74 Å². The molecule has 0 aliphatic carbocycles. The fraction of sp³-hybridized carbons (Fsp3) is 0.364. The molecule has 0 saturated carbocycles. The Kier molecular flexibility index (Phi) is 7.41. The van der Waals surface area contributed by atoms with E-state index in [1.54, 1.807) is 18.9 Å². The van der Waals surface area contributed by atoms with Crippen molar-refractivity contribution in [2.24, 2.45) is 5.92 Å². The lowest BCUT2D eigenvalue weighted by Crippen LogP contribution is -2.48. The molecular weight excluding hydrogens is 340 g/mol.